The summed E-state index contributed by atoms with van der Waals surface area (Å²) in [6.45, 7) is 9.62. The summed E-state index contributed by atoms with van der Waals surface area (Å²) in [5.41, 5.74) is 4.33. The maximum atomic E-state index is 12.8. The van der Waals surface area contributed by atoms with Crippen molar-refractivity contribution in [2.24, 2.45) is 5.73 Å². The monoisotopic (exact) mass is 331 g/mol. The van der Waals surface area contributed by atoms with Crippen LogP contribution in [0.15, 0.2) is 42.3 Å². The predicted octanol–water partition coefficient (Wildman–Crippen LogP) is 3.47. The van der Waals surface area contributed by atoms with Crippen molar-refractivity contribution in [3.63, 3.8) is 0 Å². The summed E-state index contributed by atoms with van der Waals surface area (Å²) in [6.07, 6.45) is -2.50. The van der Waals surface area contributed by atoms with Gasteiger partial charge in [0, 0.05) is 5.70 Å². The minimum absolute atomic E-state index is 0.167. The van der Waals surface area contributed by atoms with Gasteiger partial charge in [-0.25, -0.2) is 4.98 Å². The molecule has 120 valence electrons. The average molecular weight is 331 g/mol. The van der Waals surface area contributed by atoms with Gasteiger partial charge >= 0.3 is 6.18 Å². The van der Waals surface area contributed by atoms with E-state index in [9.17, 15) is 18.0 Å². The minimum Gasteiger partial charge on any atom is -0.322 e. The smallest absolute Gasteiger partial charge is 0.322 e. The van der Waals surface area contributed by atoms with Gasteiger partial charge in [0.25, 0.3) is 5.91 Å². The SMILES string of the molecule is C=C(/C=C(\C(=C)C)C(F)(F)F)NC(=O)c1cnc(C(C)N)s1. The zero-order valence-electron chi connectivity index (χ0n) is 12.1. The van der Waals surface area contributed by atoms with Crippen LogP contribution in [0.25, 0.3) is 0 Å². The Morgan fingerprint density at radius 1 is 1.50 bits per heavy atom. The lowest BCUT2D eigenvalue weighted by molar-refractivity contribution is -0.0893. The van der Waals surface area contributed by atoms with E-state index in [1.165, 1.54) is 13.1 Å². The first kappa shape index (κ1) is 18.1. The third-order valence-corrected chi connectivity index (χ3v) is 3.69. The maximum Gasteiger partial charge on any atom is 0.416 e. The van der Waals surface area contributed by atoms with E-state index in [-0.39, 0.29) is 22.2 Å². The molecule has 1 aromatic heterocycles. The van der Waals surface area contributed by atoms with Gasteiger partial charge in [0.15, 0.2) is 0 Å². The molecule has 0 radical (unpaired) electrons. The van der Waals surface area contributed by atoms with Gasteiger partial charge in [-0.15, -0.1) is 11.3 Å². The van der Waals surface area contributed by atoms with E-state index >= 15 is 0 Å². The predicted molar refractivity (Wildman–Crippen MR) is 80.3 cm³/mol. The highest BCUT2D eigenvalue weighted by molar-refractivity contribution is 7.13. The van der Waals surface area contributed by atoms with Crippen LogP contribution in [-0.4, -0.2) is 17.1 Å². The van der Waals surface area contributed by atoms with Crippen LogP contribution in [0, 0.1) is 0 Å². The Bertz CT molecular complexity index is 630. The van der Waals surface area contributed by atoms with Gasteiger partial charge in [-0.1, -0.05) is 13.2 Å². The summed E-state index contributed by atoms with van der Waals surface area (Å²) < 4.78 is 38.3. The number of amides is 1. The first-order valence-corrected chi connectivity index (χ1v) is 7.00. The number of nitrogens with one attached hydrogen (secondary N) is 1. The van der Waals surface area contributed by atoms with Crippen LogP contribution in [0.3, 0.4) is 0 Å². The Labute approximate surface area is 130 Å². The van der Waals surface area contributed by atoms with Gasteiger partial charge in [0.2, 0.25) is 0 Å². The molecule has 0 aliphatic heterocycles. The normalized spacial score (nSPS) is 13.6. The topological polar surface area (TPSA) is 68.0 Å². The van der Waals surface area contributed by atoms with Crippen molar-refractivity contribution in [1.82, 2.24) is 10.3 Å². The molecule has 1 atom stereocenters. The third kappa shape index (κ3) is 4.81. The van der Waals surface area contributed by atoms with Gasteiger partial charge in [0.05, 0.1) is 17.8 Å². The van der Waals surface area contributed by atoms with Gasteiger partial charge in [-0.05, 0) is 25.5 Å². The van der Waals surface area contributed by atoms with E-state index in [0.29, 0.717) is 5.01 Å². The molecule has 4 nitrogen and oxygen atoms in total. The van der Waals surface area contributed by atoms with Crippen molar-refractivity contribution >= 4 is 17.2 Å². The summed E-state index contributed by atoms with van der Waals surface area (Å²) in [5, 5.41) is 2.84. The molecule has 0 spiro atoms. The molecule has 0 aliphatic rings. The fourth-order valence-corrected chi connectivity index (χ4v) is 2.23. The van der Waals surface area contributed by atoms with Crippen LogP contribution >= 0.6 is 11.3 Å². The molecule has 1 amide bonds. The molecular formula is C14H16F3N3OS. The lowest BCUT2D eigenvalue weighted by atomic mass is 10.1. The largest absolute Gasteiger partial charge is 0.416 e. The van der Waals surface area contributed by atoms with Crippen molar-refractivity contribution in [3.05, 3.63) is 52.2 Å². The van der Waals surface area contributed by atoms with E-state index in [4.69, 9.17) is 5.73 Å². The highest BCUT2D eigenvalue weighted by Crippen LogP contribution is 2.30. The summed E-state index contributed by atoms with van der Waals surface area (Å²) in [6, 6.07) is -0.324. The second kappa shape index (κ2) is 6.89. The number of alkyl halides is 3. The first-order valence-electron chi connectivity index (χ1n) is 6.18. The third-order valence-electron chi connectivity index (χ3n) is 2.49. The second-order valence-electron chi connectivity index (χ2n) is 4.67. The molecule has 1 heterocycles. The molecule has 1 unspecified atom stereocenters. The highest BCUT2D eigenvalue weighted by Gasteiger charge is 2.34. The molecule has 0 fully saturated rings. The zero-order valence-corrected chi connectivity index (χ0v) is 12.9. The Kier molecular flexibility index (Phi) is 5.67. The first-order chi connectivity index (χ1) is 10.0. The van der Waals surface area contributed by atoms with E-state index in [2.05, 4.69) is 23.5 Å². The van der Waals surface area contributed by atoms with Gasteiger partial charge in [-0.2, -0.15) is 13.2 Å². The van der Waals surface area contributed by atoms with Crippen molar-refractivity contribution in [2.45, 2.75) is 26.1 Å². The average Bonchev–Trinajstić information content (AvgIpc) is 2.83. The second-order valence-corrected chi connectivity index (χ2v) is 5.73. The fraction of sp³-hybridized carbons (Fsp3) is 0.286. The van der Waals surface area contributed by atoms with E-state index in [1.54, 1.807) is 6.92 Å². The van der Waals surface area contributed by atoms with Gasteiger partial charge < -0.3 is 11.1 Å². The number of thiazole rings is 1. The highest BCUT2D eigenvalue weighted by atomic mass is 32.1. The Morgan fingerprint density at radius 2 is 2.09 bits per heavy atom. The minimum atomic E-state index is -4.56. The molecule has 22 heavy (non-hydrogen) atoms. The molecule has 1 rings (SSSR count). The summed E-state index contributed by atoms with van der Waals surface area (Å²) in [4.78, 5) is 16.1. The number of aromatic nitrogens is 1. The fourth-order valence-electron chi connectivity index (χ4n) is 1.47. The zero-order chi connectivity index (χ0) is 17.1. The molecule has 3 N–H and O–H groups in total. The number of hydrogen-bond donors (Lipinski definition) is 2. The van der Waals surface area contributed by atoms with E-state index in [1.807, 2.05) is 0 Å². The van der Waals surface area contributed by atoms with Crippen LogP contribution in [0.4, 0.5) is 13.2 Å². The Balaban J connectivity index is 2.87. The number of hydrogen-bond acceptors (Lipinski definition) is 4. The number of rotatable bonds is 5. The summed E-state index contributed by atoms with van der Waals surface area (Å²) >= 11 is 1.07. The molecule has 0 aromatic carbocycles. The standard InChI is InChI=1S/C14H16F3N3OS/c1-7(2)10(14(15,16)17)5-8(3)20-12(21)11-6-19-13(22-11)9(4)18/h5-6,9H,1,3,18H2,2,4H3,(H,20,21)/b10-5+. The van der Waals surface area contributed by atoms with Crippen LogP contribution in [0.1, 0.15) is 34.6 Å². The quantitative estimate of drug-likeness (QED) is 0.812. The number of carbonyl (C=O) groups is 1. The lowest BCUT2D eigenvalue weighted by Gasteiger charge is -2.12. The molecule has 0 aliphatic carbocycles. The maximum absolute atomic E-state index is 12.8. The van der Waals surface area contributed by atoms with Crippen molar-refractivity contribution < 1.29 is 18.0 Å². The summed E-state index contributed by atoms with van der Waals surface area (Å²) in [7, 11) is 0. The van der Waals surface area contributed by atoms with Crippen LogP contribution in [0.5, 0.6) is 0 Å². The number of allylic oxidation sites excluding steroid dienone is 3. The molecule has 0 saturated carbocycles. The van der Waals surface area contributed by atoms with Crippen LogP contribution < -0.4 is 11.1 Å². The van der Waals surface area contributed by atoms with Crippen molar-refractivity contribution in [3.8, 4) is 0 Å². The molecule has 0 bridgehead atoms. The lowest BCUT2D eigenvalue weighted by Crippen LogP contribution is -2.22. The summed E-state index contributed by atoms with van der Waals surface area (Å²) in [5.74, 6) is -0.589. The van der Waals surface area contributed by atoms with Crippen LogP contribution in [0.2, 0.25) is 0 Å². The van der Waals surface area contributed by atoms with Gasteiger partial charge in [-0.3, -0.25) is 4.79 Å². The van der Waals surface area contributed by atoms with Crippen molar-refractivity contribution in [2.75, 3.05) is 0 Å². The van der Waals surface area contributed by atoms with Crippen molar-refractivity contribution in [1.29, 1.82) is 0 Å². The number of nitrogens with zero attached hydrogens (tertiary/aromatic N) is 1. The number of halogens is 3. The number of nitrogens with two attached hydrogens (primary N) is 1. The van der Waals surface area contributed by atoms with E-state index < -0.39 is 17.7 Å². The van der Waals surface area contributed by atoms with E-state index in [0.717, 1.165) is 17.4 Å². The number of carbonyl (C=O) groups excluding carboxylic acids is 1. The Morgan fingerprint density at radius 3 is 2.50 bits per heavy atom. The molecule has 1 aromatic rings. The van der Waals surface area contributed by atoms with Crippen LogP contribution in [-0.2, 0) is 0 Å². The molecular weight excluding hydrogens is 315 g/mol. The Hall–Kier alpha value is -1.93. The molecule has 0 saturated heterocycles. The van der Waals surface area contributed by atoms with Gasteiger partial charge in [0.1, 0.15) is 9.88 Å². The molecule has 8 heteroatoms.